The van der Waals surface area contributed by atoms with Gasteiger partial charge >= 0.3 is 0 Å². The van der Waals surface area contributed by atoms with Crippen LogP contribution in [0.5, 0.6) is 0 Å². The molecule has 2 N–H and O–H groups in total. The molecule has 5 rings (SSSR count). The van der Waals surface area contributed by atoms with E-state index in [1.807, 2.05) is 17.9 Å². The van der Waals surface area contributed by atoms with Crippen molar-refractivity contribution in [3.63, 3.8) is 0 Å². The first-order valence-electron chi connectivity index (χ1n) is 7.82. The van der Waals surface area contributed by atoms with Gasteiger partial charge in [-0.2, -0.15) is 5.10 Å². The number of aryl methyl sites for hydroxylation is 1. The zero-order valence-electron chi connectivity index (χ0n) is 12.0. The van der Waals surface area contributed by atoms with Gasteiger partial charge in [-0.15, -0.1) is 0 Å². The van der Waals surface area contributed by atoms with Gasteiger partial charge in [0.25, 0.3) is 0 Å². The Labute approximate surface area is 115 Å². The SMILES string of the molecule is Cn1cc(C(C)(N)C2C3CC4CC(C3)CC2C4)cn1. The molecule has 0 aliphatic heterocycles. The monoisotopic (exact) mass is 259 g/mol. The predicted octanol–water partition coefficient (Wildman–Crippen LogP) is 2.67. The first-order chi connectivity index (χ1) is 9.04. The molecule has 4 aliphatic rings. The molecule has 19 heavy (non-hydrogen) atoms. The molecular formula is C16H25N3. The highest BCUT2D eigenvalue weighted by atomic mass is 15.2. The van der Waals surface area contributed by atoms with Crippen LogP contribution < -0.4 is 5.73 Å². The van der Waals surface area contributed by atoms with Crippen LogP contribution in [0.2, 0.25) is 0 Å². The summed E-state index contributed by atoms with van der Waals surface area (Å²) in [6.45, 7) is 2.25. The van der Waals surface area contributed by atoms with Crippen molar-refractivity contribution >= 4 is 0 Å². The second kappa shape index (κ2) is 3.85. The van der Waals surface area contributed by atoms with Crippen molar-refractivity contribution in [1.29, 1.82) is 0 Å². The van der Waals surface area contributed by atoms with Crippen molar-refractivity contribution in [1.82, 2.24) is 9.78 Å². The maximum Gasteiger partial charge on any atom is 0.0540 e. The fourth-order valence-corrected chi connectivity index (χ4v) is 5.80. The summed E-state index contributed by atoms with van der Waals surface area (Å²) >= 11 is 0. The van der Waals surface area contributed by atoms with Crippen LogP contribution in [0.15, 0.2) is 12.4 Å². The van der Waals surface area contributed by atoms with E-state index in [4.69, 9.17) is 5.73 Å². The Morgan fingerprint density at radius 2 is 1.74 bits per heavy atom. The highest BCUT2D eigenvalue weighted by molar-refractivity contribution is 5.21. The molecule has 1 unspecified atom stereocenters. The average Bonchev–Trinajstić information content (AvgIpc) is 2.74. The van der Waals surface area contributed by atoms with Crippen molar-refractivity contribution in [2.24, 2.45) is 42.4 Å². The topological polar surface area (TPSA) is 43.8 Å². The van der Waals surface area contributed by atoms with Crippen LogP contribution in [0, 0.1) is 29.6 Å². The molecule has 1 aromatic heterocycles. The third kappa shape index (κ3) is 1.70. The molecule has 0 radical (unpaired) electrons. The van der Waals surface area contributed by atoms with E-state index < -0.39 is 0 Å². The van der Waals surface area contributed by atoms with Crippen LogP contribution in [-0.2, 0) is 12.6 Å². The molecule has 0 aromatic carbocycles. The van der Waals surface area contributed by atoms with Crippen molar-refractivity contribution in [2.75, 3.05) is 0 Å². The summed E-state index contributed by atoms with van der Waals surface area (Å²) in [7, 11) is 1.98. The standard InChI is InChI=1S/C16H25N3/c1-16(17,14-8-18-19(2)9-14)15-12-4-10-3-11(6-12)7-13(15)5-10/h8-13,15H,3-7,17H2,1-2H3. The normalized spacial score (nSPS) is 43.4. The van der Waals surface area contributed by atoms with Crippen molar-refractivity contribution in [2.45, 2.75) is 44.6 Å². The largest absolute Gasteiger partial charge is 0.321 e. The van der Waals surface area contributed by atoms with E-state index in [0.717, 1.165) is 23.7 Å². The van der Waals surface area contributed by atoms with E-state index in [2.05, 4.69) is 18.2 Å². The molecule has 4 aliphatic carbocycles. The highest BCUT2D eigenvalue weighted by Crippen LogP contribution is 2.60. The van der Waals surface area contributed by atoms with Gasteiger partial charge in [-0.05, 0) is 68.6 Å². The maximum atomic E-state index is 6.82. The Balaban J connectivity index is 1.68. The molecule has 104 valence electrons. The van der Waals surface area contributed by atoms with E-state index in [-0.39, 0.29) is 5.54 Å². The molecule has 4 saturated carbocycles. The van der Waals surface area contributed by atoms with Crippen LogP contribution in [-0.4, -0.2) is 9.78 Å². The van der Waals surface area contributed by atoms with E-state index in [9.17, 15) is 0 Å². The molecule has 4 bridgehead atoms. The molecule has 3 nitrogen and oxygen atoms in total. The van der Waals surface area contributed by atoms with Crippen molar-refractivity contribution in [3.8, 4) is 0 Å². The second-order valence-corrected chi connectivity index (χ2v) is 7.64. The predicted molar refractivity (Wildman–Crippen MR) is 75.3 cm³/mol. The summed E-state index contributed by atoms with van der Waals surface area (Å²) in [5, 5.41) is 4.33. The molecular weight excluding hydrogens is 234 g/mol. The van der Waals surface area contributed by atoms with Crippen molar-refractivity contribution in [3.05, 3.63) is 18.0 Å². The number of hydrogen-bond acceptors (Lipinski definition) is 2. The van der Waals surface area contributed by atoms with Gasteiger partial charge in [-0.1, -0.05) is 0 Å². The third-order valence-corrected chi connectivity index (χ3v) is 6.25. The summed E-state index contributed by atoms with van der Waals surface area (Å²) in [5.74, 6) is 4.44. The smallest absolute Gasteiger partial charge is 0.0540 e. The van der Waals surface area contributed by atoms with Crippen LogP contribution in [0.1, 0.15) is 44.6 Å². The van der Waals surface area contributed by atoms with E-state index in [0.29, 0.717) is 5.92 Å². The lowest BCUT2D eigenvalue weighted by Gasteiger charge is -2.58. The first-order valence-corrected chi connectivity index (χ1v) is 7.82. The summed E-state index contributed by atoms with van der Waals surface area (Å²) in [6.07, 6.45) is 11.3. The van der Waals surface area contributed by atoms with E-state index in [1.165, 1.54) is 37.7 Å². The third-order valence-electron chi connectivity index (χ3n) is 6.25. The van der Waals surface area contributed by atoms with Crippen LogP contribution in [0.3, 0.4) is 0 Å². The number of nitrogens with two attached hydrogens (primary N) is 1. The zero-order valence-corrected chi connectivity index (χ0v) is 12.0. The quantitative estimate of drug-likeness (QED) is 0.887. The highest BCUT2D eigenvalue weighted by Gasteiger charge is 2.53. The fourth-order valence-electron chi connectivity index (χ4n) is 5.80. The lowest BCUT2D eigenvalue weighted by atomic mass is 9.48. The summed E-state index contributed by atoms with van der Waals surface area (Å²) in [5.41, 5.74) is 7.85. The average molecular weight is 259 g/mol. The maximum absolute atomic E-state index is 6.82. The minimum atomic E-state index is -0.198. The molecule has 4 fully saturated rings. The van der Waals surface area contributed by atoms with Gasteiger partial charge in [0, 0.05) is 24.3 Å². The Morgan fingerprint density at radius 3 is 2.21 bits per heavy atom. The van der Waals surface area contributed by atoms with E-state index in [1.54, 1.807) is 0 Å². The Bertz CT molecular complexity index is 460. The Kier molecular flexibility index (Phi) is 2.42. The molecule has 0 saturated heterocycles. The van der Waals surface area contributed by atoms with Crippen LogP contribution in [0.25, 0.3) is 0 Å². The first kappa shape index (κ1) is 12.0. The van der Waals surface area contributed by atoms with Gasteiger partial charge in [0.1, 0.15) is 0 Å². The number of nitrogens with zero attached hydrogens (tertiary/aromatic N) is 2. The summed E-state index contributed by atoms with van der Waals surface area (Å²) < 4.78 is 1.89. The van der Waals surface area contributed by atoms with Gasteiger partial charge in [-0.3, -0.25) is 4.68 Å². The van der Waals surface area contributed by atoms with Crippen molar-refractivity contribution < 1.29 is 0 Å². The number of aromatic nitrogens is 2. The second-order valence-electron chi connectivity index (χ2n) is 7.64. The Morgan fingerprint density at radius 1 is 1.16 bits per heavy atom. The zero-order chi connectivity index (χ0) is 13.2. The molecule has 1 heterocycles. The van der Waals surface area contributed by atoms with Gasteiger partial charge in [0.2, 0.25) is 0 Å². The lowest BCUT2D eigenvalue weighted by molar-refractivity contribution is -0.0677. The van der Waals surface area contributed by atoms with Gasteiger partial charge < -0.3 is 5.73 Å². The number of hydrogen-bond donors (Lipinski definition) is 1. The van der Waals surface area contributed by atoms with Gasteiger partial charge in [0.15, 0.2) is 0 Å². The minimum absolute atomic E-state index is 0.198. The van der Waals surface area contributed by atoms with Crippen LogP contribution >= 0.6 is 0 Å². The molecule has 0 spiro atoms. The fraction of sp³-hybridized carbons (Fsp3) is 0.812. The van der Waals surface area contributed by atoms with E-state index >= 15 is 0 Å². The van der Waals surface area contributed by atoms with Gasteiger partial charge in [0.05, 0.1) is 6.20 Å². The number of rotatable bonds is 2. The summed E-state index contributed by atoms with van der Waals surface area (Å²) in [6, 6.07) is 0. The molecule has 0 amide bonds. The van der Waals surface area contributed by atoms with Crippen LogP contribution in [0.4, 0.5) is 0 Å². The minimum Gasteiger partial charge on any atom is -0.321 e. The molecule has 3 heteroatoms. The van der Waals surface area contributed by atoms with Gasteiger partial charge in [-0.25, -0.2) is 0 Å². The molecule has 1 aromatic rings. The summed E-state index contributed by atoms with van der Waals surface area (Å²) in [4.78, 5) is 0. The lowest BCUT2D eigenvalue weighted by Crippen LogP contribution is -2.55. The Hall–Kier alpha value is -0.830. The molecule has 1 atom stereocenters.